The number of aryl methyl sites for hydroxylation is 1. The van der Waals surface area contributed by atoms with Crippen LogP contribution in [0.1, 0.15) is 43.7 Å². The SMILES string of the molecule is CCCC1(C(=O)NCc2ccncc2C)CCCN1. The summed E-state index contributed by atoms with van der Waals surface area (Å²) in [5, 5.41) is 6.48. The van der Waals surface area contributed by atoms with E-state index in [0.717, 1.165) is 43.4 Å². The van der Waals surface area contributed by atoms with Crippen molar-refractivity contribution in [3.8, 4) is 0 Å². The number of carbonyl (C=O) groups excluding carboxylic acids is 1. The van der Waals surface area contributed by atoms with E-state index in [-0.39, 0.29) is 11.4 Å². The monoisotopic (exact) mass is 261 g/mol. The van der Waals surface area contributed by atoms with Crippen molar-refractivity contribution in [2.75, 3.05) is 6.54 Å². The summed E-state index contributed by atoms with van der Waals surface area (Å²) in [7, 11) is 0. The molecule has 2 heterocycles. The van der Waals surface area contributed by atoms with Gasteiger partial charge in [-0.1, -0.05) is 13.3 Å². The van der Waals surface area contributed by atoms with E-state index >= 15 is 0 Å². The highest BCUT2D eigenvalue weighted by Crippen LogP contribution is 2.25. The van der Waals surface area contributed by atoms with E-state index < -0.39 is 0 Å². The molecule has 0 aromatic carbocycles. The average Bonchev–Trinajstić information content (AvgIpc) is 2.88. The van der Waals surface area contributed by atoms with E-state index in [0.29, 0.717) is 6.54 Å². The Hall–Kier alpha value is -1.42. The van der Waals surface area contributed by atoms with Crippen LogP contribution in [0.2, 0.25) is 0 Å². The van der Waals surface area contributed by atoms with Crippen molar-refractivity contribution in [1.82, 2.24) is 15.6 Å². The van der Waals surface area contributed by atoms with E-state index in [1.54, 1.807) is 6.20 Å². The summed E-state index contributed by atoms with van der Waals surface area (Å²) < 4.78 is 0. The largest absolute Gasteiger partial charge is 0.350 e. The number of aromatic nitrogens is 1. The molecule has 4 nitrogen and oxygen atoms in total. The van der Waals surface area contributed by atoms with Crippen molar-refractivity contribution in [2.24, 2.45) is 0 Å². The first-order chi connectivity index (χ1) is 9.18. The molecule has 0 radical (unpaired) electrons. The summed E-state index contributed by atoms with van der Waals surface area (Å²) in [5.41, 5.74) is 1.91. The van der Waals surface area contributed by atoms with Crippen LogP contribution in [0.25, 0.3) is 0 Å². The molecule has 0 bridgehead atoms. The molecule has 0 spiro atoms. The fraction of sp³-hybridized carbons (Fsp3) is 0.600. The van der Waals surface area contributed by atoms with Gasteiger partial charge in [-0.15, -0.1) is 0 Å². The average molecular weight is 261 g/mol. The first kappa shape index (κ1) is 14.0. The zero-order valence-corrected chi connectivity index (χ0v) is 11.8. The van der Waals surface area contributed by atoms with Gasteiger partial charge in [0.25, 0.3) is 0 Å². The molecule has 1 saturated heterocycles. The first-order valence-corrected chi connectivity index (χ1v) is 7.11. The van der Waals surface area contributed by atoms with E-state index in [4.69, 9.17) is 0 Å². The van der Waals surface area contributed by atoms with Crippen molar-refractivity contribution in [3.63, 3.8) is 0 Å². The summed E-state index contributed by atoms with van der Waals surface area (Å²) in [6.07, 6.45) is 7.56. The number of nitrogens with one attached hydrogen (secondary N) is 2. The smallest absolute Gasteiger partial charge is 0.240 e. The van der Waals surface area contributed by atoms with Crippen LogP contribution in [0.5, 0.6) is 0 Å². The molecule has 1 aromatic rings. The maximum atomic E-state index is 12.5. The van der Waals surface area contributed by atoms with Crippen molar-refractivity contribution >= 4 is 5.91 Å². The second kappa shape index (κ2) is 6.15. The molecule has 1 aliphatic rings. The van der Waals surface area contributed by atoms with Gasteiger partial charge in [0.1, 0.15) is 0 Å². The predicted molar refractivity (Wildman–Crippen MR) is 75.7 cm³/mol. The van der Waals surface area contributed by atoms with Gasteiger partial charge in [0.05, 0.1) is 5.54 Å². The highest BCUT2D eigenvalue weighted by Gasteiger charge is 2.39. The quantitative estimate of drug-likeness (QED) is 0.851. The molecule has 0 saturated carbocycles. The molecule has 1 aromatic heterocycles. The minimum Gasteiger partial charge on any atom is -0.350 e. The molecule has 0 aliphatic carbocycles. The van der Waals surface area contributed by atoms with Gasteiger partial charge in [0, 0.05) is 18.9 Å². The minimum absolute atomic E-state index is 0.142. The number of nitrogens with zero attached hydrogens (tertiary/aromatic N) is 1. The lowest BCUT2D eigenvalue weighted by Gasteiger charge is -2.28. The Morgan fingerprint density at radius 2 is 2.42 bits per heavy atom. The lowest BCUT2D eigenvalue weighted by atomic mass is 9.91. The van der Waals surface area contributed by atoms with Crippen molar-refractivity contribution in [1.29, 1.82) is 0 Å². The Bertz CT molecular complexity index is 439. The molecule has 19 heavy (non-hydrogen) atoms. The molecular weight excluding hydrogens is 238 g/mol. The lowest BCUT2D eigenvalue weighted by molar-refractivity contribution is -0.127. The Labute approximate surface area is 115 Å². The number of rotatable bonds is 5. The molecule has 1 unspecified atom stereocenters. The Balaban J connectivity index is 1.98. The molecule has 1 aliphatic heterocycles. The molecule has 104 valence electrons. The first-order valence-electron chi connectivity index (χ1n) is 7.11. The zero-order valence-electron chi connectivity index (χ0n) is 11.8. The molecule has 1 fully saturated rings. The standard InChI is InChI=1S/C15H23N3O/c1-3-6-15(7-4-8-18-15)14(19)17-11-13-5-9-16-10-12(13)2/h5,9-10,18H,3-4,6-8,11H2,1-2H3,(H,17,19). The molecule has 1 amide bonds. The van der Waals surface area contributed by atoms with Crippen LogP contribution < -0.4 is 10.6 Å². The molecule has 2 rings (SSSR count). The number of pyridine rings is 1. The van der Waals surface area contributed by atoms with E-state index in [2.05, 4.69) is 22.5 Å². The molecule has 4 heteroatoms. The van der Waals surface area contributed by atoms with Gasteiger partial charge in [0.2, 0.25) is 5.91 Å². The van der Waals surface area contributed by atoms with E-state index in [1.807, 2.05) is 19.2 Å². The van der Waals surface area contributed by atoms with Crippen LogP contribution in [-0.2, 0) is 11.3 Å². The van der Waals surface area contributed by atoms with Crippen molar-refractivity contribution in [2.45, 2.75) is 51.6 Å². The highest BCUT2D eigenvalue weighted by molar-refractivity contribution is 5.86. The van der Waals surface area contributed by atoms with Gasteiger partial charge < -0.3 is 10.6 Å². The topological polar surface area (TPSA) is 54.0 Å². The summed E-state index contributed by atoms with van der Waals surface area (Å²) >= 11 is 0. The second-order valence-corrected chi connectivity index (χ2v) is 5.35. The van der Waals surface area contributed by atoms with E-state index in [9.17, 15) is 4.79 Å². The van der Waals surface area contributed by atoms with Crippen LogP contribution in [0.15, 0.2) is 18.5 Å². The van der Waals surface area contributed by atoms with Crippen LogP contribution >= 0.6 is 0 Å². The number of hydrogen-bond acceptors (Lipinski definition) is 3. The Kier molecular flexibility index (Phi) is 4.53. The van der Waals surface area contributed by atoms with Gasteiger partial charge in [-0.2, -0.15) is 0 Å². The minimum atomic E-state index is -0.338. The number of hydrogen-bond donors (Lipinski definition) is 2. The van der Waals surface area contributed by atoms with Gasteiger partial charge >= 0.3 is 0 Å². The summed E-state index contributed by atoms with van der Waals surface area (Å²) in [6.45, 7) is 5.67. The molecule has 2 N–H and O–H groups in total. The number of amides is 1. The van der Waals surface area contributed by atoms with Gasteiger partial charge in [-0.25, -0.2) is 0 Å². The Morgan fingerprint density at radius 1 is 1.58 bits per heavy atom. The maximum absolute atomic E-state index is 12.5. The molecular formula is C15H23N3O. The van der Waals surface area contributed by atoms with Crippen LogP contribution in [0, 0.1) is 6.92 Å². The summed E-state index contributed by atoms with van der Waals surface area (Å²) in [6, 6.07) is 1.96. The van der Waals surface area contributed by atoms with Gasteiger partial charge in [0.15, 0.2) is 0 Å². The second-order valence-electron chi connectivity index (χ2n) is 5.35. The number of carbonyl (C=O) groups is 1. The third-order valence-corrected chi connectivity index (χ3v) is 3.93. The highest BCUT2D eigenvalue weighted by atomic mass is 16.2. The fourth-order valence-electron chi connectivity index (χ4n) is 2.80. The summed E-state index contributed by atoms with van der Waals surface area (Å²) in [4.78, 5) is 16.5. The van der Waals surface area contributed by atoms with Gasteiger partial charge in [-0.05, 0) is 49.9 Å². The third-order valence-electron chi connectivity index (χ3n) is 3.93. The maximum Gasteiger partial charge on any atom is 0.240 e. The predicted octanol–water partition coefficient (Wildman–Crippen LogP) is 1.93. The fourth-order valence-corrected chi connectivity index (χ4v) is 2.80. The molecule has 1 atom stereocenters. The zero-order chi connectivity index (χ0) is 13.7. The van der Waals surface area contributed by atoms with Crippen molar-refractivity contribution in [3.05, 3.63) is 29.6 Å². The lowest BCUT2D eigenvalue weighted by Crippen LogP contribution is -2.53. The third kappa shape index (κ3) is 3.13. The van der Waals surface area contributed by atoms with Crippen LogP contribution in [0.3, 0.4) is 0 Å². The van der Waals surface area contributed by atoms with Gasteiger partial charge in [-0.3, -0.25) is 9.78 Å². The van der Waals surface area contributed by atoms with Crippen LogP contribution in [0.4, 0.5) is 0 Å². The Morgan fingerprint density at radius 3 is 3.05 bits per heavy atom. The van der Waals surface area contributed by atoms with Crippen molar-refractivity contribution < 1.29 is 4.79 Å². The normalized spacial score (nSPS) is 22.4. The van der Waals surface area contributed by atoms with E-state index in [1.165, 1.54) is 0 Å². The summed E-state index contributed by atoms with van der Waals surface area (Å²) in [5.74, 6) is 0.142. The van der Waals surface area contributed by atoms with Crippen LogP contribution in [-0.4, -0.2) is 23.0 Å².